The molecule has 0 saturated carbocycles. The molecule has 1 unspecified atom stereocenters. The lowest BCUT2D eigenvalue weighted by molar-refractivity contribution is 0.548. The second-order valence-corrected chi connectivity index (χ2v) is 5.59. The van der Waals surface area contributed by atoms with E-state index in [0.29, 0.717) is 0 Å². The van der Waals surface area contributed by atoms with Crippen LogP contribution in [0, 0.1) is 5.82 Å². The van der Waals surface area contributed by atoms with E-state index >= 15 is 0 Å². The zero-order chi connectivity index (χ0) is 14.4. The first kappa shape index (κ1) is 15.1. The van der Waals surface area contributed by atoms with E-state index < -0.39 is 0 Å². The summed E-state index contributed by atoms with van der Waals surface area (Å²) in [7, 11) is 0. The molecule has 0 radical (unpaired) electrons. The molecular formula is C17H20FNS. The normalized spacial score (nSPS) is 12.3. The van der Waals surface area contributed by atoms with Crippen LogP contribution in [0.2, 0.25) is 0 Å². The Morgan fingerprint density at radius 3 is 2.25 bits per heavy atom. The van der Waals surface area contributed by atoms with Gasteiger partial charge in [-0.05, 0) is 54.6 Å². The van der Waals surface area contributed by atoms with Crippen LogP contribution in [0.5, 0.6) is 0 Å². The van der Waals surface area contributed by atoms with Gasteiger partial charge >= 0.3 is 0 Å². The van der Waals surface area contributed by atoms with Crippen LogP contribution >= 0.6 is 11.8 Å². The lowest BCUT2D eigenvalue weighted by atomic mass is 9.99. The van der Waals surface area contributed by atoms with E-state index in [-0.39, 0.29) is 11.9 Å². The highest BCUT2D eigenvalue weighted by atomic mass is 32.2. The average Bonchev–Trinajstić information content (AvgIpc) is 2.49. The fourth-order valence-electron chi connectivity index (χ4n) is 2.25. The van der Waals surface area contributed by atoms with Crippen molar-refractivity contribution < 1.29 is 4.39 Å². The Balaban J connectivity index is 2.14. The third-order valence-corrected chi connectivity index (χ3v) is 4.07. The molecule has 106 valence electrons. The molecule has 3 heteroatoms. The van der Waals surface area contributed by atoms with Gasteiger partial charge in [-0.3, -0.25) is 0 Å². The molecule has 0 fully saturated rings. The Kier molecular flexibility index (Phi) is 5.62. The minimum atomic E-state index is -0.182. The van der Waals surface area contributed by atoms with Crippen LogP contribution in [0.25, 0.3) is 0 Å². The molecular weight excluding hydrogens is 269 g/mol. The number of nitrogens with one attached hydrogen (secondary N) is 1. The minimum absolute atomic E-state index is 0.182. The van der Waals surface area contributed by atoms with Crippen molar-refractivity contribution in [3.63, 3.8) is 0 Å². The fraction of sp³-hybridized carbons (Fsp3) is 0.294. The number of hydrogen-bond acceptors (Lipinski definition) is 2. The molecule has 0 saturated heterocycles. The topological polar surface area (TPSA) is 12.0 Å². The van der Waals surface area contributed by atoms with Gasteiger partial charge in [-0.2, -0.15) is 0 Å². The predicted octanol–water partition coefficient (Wildman–Crippen LogP) is 4.44. The molecule has 0 bridgehead atoms. The highest BCUT2D eigenvalue weighted by molar-refractivity contribution is 7.98. The number of rotatable bonds is 6. The Labute approximate surface area is 124 Å². The van der Waals surface area contributed by atoms with Gasteiger partial charge in [-0.15, -0.1) is 11.8 Å². The smallest absolute Gasteiger partial charge is 0.123 e. The number of benzene rings is 2. The van der Waals surface area contributed by atoms with Crippen molar-refractivity contribution in [3.05, 3.63) is 65.5 Å². The van der Waals surface area contributed by atoms with Gasteiger partial charge in [-0.1, -0.05) is 31.2 Å². The lowest BCUT2D eigenvalue weighted by Crippen LogP contribution is -2.22. The van der Waals surface area contributed by atoms with Crippen LogP contribution in [0.4, 0.5) is 4.39 Å². The van der Waals surface area contributed by atoms with Gasteiger partial charge in [0.05, 0.1) is 0 Å². The van der Waals surface area contributed by atoms with Crippen molar-refractivity contribution in [1.29, 1.82) is 0 Å². The first-order chi connectivity index (χ1) is 9.72. The quantitative estimate of drug-likeness (QED) is 0.789. The SMILES string of the molecule is CCNC(Cc1ccc(F)cc1)c1ccc(SC)cc1. The fourth-order valence-corrected chi connectivity index (χ4v) is 2.65. The van der Waals surface area contributed by atoms with Crippen LogP contribution in [-0.2, 0) is 6.42 Å². The molecule has 2 aromatic rings. The van der Waals surface area contributed by atoms with Gasteiger partial charge < -0.3 is 5.32 Å². The molecule has 0 heterocycles. The molecule has 0 amide bonds. The van der Waals surface area contributed by atoms with E-state index in [2.05, 4.69) is 42.8 Å². The summed E-state index contributed by atoms with van der Waals surface area (Å²) in [4.78, 5) is 1.27. The summed E-state index contributed by atoms with van der Waals surface area (Å²) in [6.45, 7) is 3.02. The summed E-state index contributed by atoms with van der Waals surface area (Å²) in [5.74, 6) is -0.182. The molecule has 2 rings (SSSR count). The summed E-state index contributed by atoms with van der Waals surface area (Å²) >= 11 is 1.75. The van der Waals surface area contributed by atoms with Gasteiger partial charge in [0.15, 0.2) is 0 Å². The second-order valence-electron chi connectivity index (χ2n) is 4.71. The predicted molar refractivity (Wildman–Crippen MR) is 84.7 cm³/mol. The molecule has 0 aliphatic rings. The number of thioether (sulfide) groups is 1. The minimum Gasteiger partial charge on any atom is -0.310 e. The van der Waals surface area contributed by atoms with E-state index in [1.165, 1.54) is 22.6 Å². The van der Waals surface area contributed by atoms with Crippen molar-refractivity contribution >= 4 is 11.8 Å². The van der Waals surface area contributed by atoms with Crippen molar-refractivity contribution in [3.8, 4) is 0 Å². The van der Waals surface area contributed by atoms with Crippen molar-refractivity contribution in [2.45, 2.75) is 24.3 Å². The lowest BCUT2D eigenvalue weighted by Gasteiger charge is -2.19. The van der Waals surface area contributed by atoms with Crippen molar-refractivity contribution in [1.82, 2.24) is 5.32 Å². The van der Waals surface area contributed by atoms with E-state index in [0.717, 1.165) is 18.5 Å². The van der Waals surface area contributed by atoms with Crippen molar-refractivity contribution in [2.75, 3.05) is 12.8 Å². The monoisotopic (exact) mass is 289 g/mol. The molecule has 0 aromatic heterocycles. The Hall–Kier alpha value is -1.32. The molecule has 0 aliphatic carbocycles. The molecule has 20 heavy (non-hydrogen) atoms. The third-order valence-electron chi connectivity index (χ3n) is 3.32. The number of hydrogen-bond donors (Lipinski definition) is 1. The molecule has 2 aromatic carbocycles. The average molecular weight is 289 g/mol. The van der Waals surface area contributed by atoms with Gasteiger partial charge in [0.2, 0.25) is 0 Å². The van der Waals surface area contributed by atoms with E-state index in [1.54, 1.807) is 11.8 Å². The van der Waals surface area contributed by atoms with Crippen LogP contribution in [-0.4, -0.2) is 12.8 Å². The first-order valence-corrected chi connectivity index (χ1v) is 8.07. The molecule has 1 nitrogen and oxygen atoms in total. The maximum atomic E-state index is 13.0. The zero-order valence-corrected chi connectivity index (χ0v) is 12.7. The van der Waals surface area contributed by atoms with Crippen LogP contribution < -0.4 is 5.32 Å². The van der Waals surface area contributed by atoms with Crippen LogP contribution in [0.15, 0.2) is 53.4 Å². The van der Waals surface area contributed by atoms with E-state index in [9.17, 15) is 4.39 Å². The summed E-state index contributed by atoms with van der Waals surface area (Å²) in [5, 5.41) is 3.50. The largest absolute Gasteiger partial charge is 0.310 e. The molecule has 1 N–H and O–H groups in total. The Bertz CT molecular complexity index is 522. The summed E-state index contributed by atoms with van der Waals surface area (Å²) in [6.07, 6.45) is 2.95. The highest BCUT2D eigenvalue weighted by Crippen LogP contribution is 2.22. The van der Waals surface area contributed by atoms with Crippen LogP contribution in [0.1, 0.15) is 24.1 Å². The summed E-state index contributed by atoms with van der Waals surface area (Å²) in [6, 6.07) is 15.7. The van der Waals surface area contributed by atoms with Gasteiger partial charge in [0, 0.05) is 10.9 Å². The molecule has 0 aliphatic heterocycles. The van der Waals surface area contributed by atoms with Crippen LogP contribution in [0.3, 0.4) is 0 Å². The first-order valence-electron chi connectivity index (χ1n) is 6.84. The standard InChI is InChI=1S/C17H20FNS/c1-3-19-17(12-13-4-8-15(18)9-5-13)14-6-10-16(20-2)11-7-14/h4-11,17,19H,3,12H2,1-2H3. The van der Waals surface area contributed by atoms with Gasteiger partial charge in [-0.25, -0.2) is 4.39 Å². The highest BCUT2D eigenvalue weighted by Gasteiger charge is 2.11. The van der Waals surface area contributed by atoms with E-state index in [4.69, 9.17) is 0 Å². The Morgan fingerprint density at radius 2 is 1.70 bits per heavy atom. The van der Waals surface area contributed by atoms with E-state index in [1.807, 2.05) is 12.1 Å². The van der Waals surface area contributed by atoms with Gasteiger partial charge in [0.1, 0.15) is 5.82 Å². The molecule has 1 atom stereocenters. The molecule has 0 spiro atoms. The van der Waals surface area contributed by atoms with Crippen molar-refractivity contribution in [2.24, 2.45) is 0 Å². The van der Waals surface area contributed by atoms with Gasteiger partial charge in [0.25, 0.3) is 0 Å². The summed E-state index contributed by atoms with van der Waals surface area (Å²) < 4.78 is 13.0. The number of likely N-dealkylation sites (N-methyl/N-ethyl adjacent to an activating group) is 1. The zero-order valence-electron chi connectivity index (χ0n) is 11.9. The third kappa shape index (κ3) is 4.09. The second kappa shape index (κ2) is 7.46. The summed E-state index contributed by atoms with van der Waals surface area (Å²) in [5.41, 5.74) is 2.42. The number of halogens is 1. The maximum absolute atomic E-state index is 13.0. The Morgan fingerprint density at radius 1 is 1.05 bits per heavy atom. The maximum Gasteiger partial charge on any atom is 0.123 e.